The first kappa shape index (κ1) is 35.6. The Morgan fingerprint density at radius 2 is 0.605 bits per heavy atom. The van der Waals surface area contributed by atoms with Gasteiger partial charge in [-0.1, -0.05) is 154 Å². The van der Waals surface area contributed by atoms with Gasteiger partial charge in [0.15, 0.2) is 0 Å². The molecule has 226 valence electrons. The van der Waals surface area contributed by atoms with Gasteiger partial charge in [-0.25, -0.2) is 0 Å². The first-order valence-corrected chi connectivity index (χ1v) is 17.1. The van der Waals surface area contributed by atoms with Gasteiger partial charge in [0.25, 0.3) is 0 Å². The summed E-state index contributed by atoms with van der Waals surface area (Å²) < 4.78 is 0. The fraction of sp³-hybridized carbons (Fsp3) is 0.971. The molecule has 0 saturated heterocycles. The molecule has 2 rings (SSSR count). The summed E-state index contributed by atoms with van der Waals surface area (Å²) in [6.07, 6.45) is 37.2. The van der Waals surface area contributed by atoms with Crippen molar-refractivity contribution in [1.82, 2.24) is 0 Å². The van der Waals surface area contributed by atoms with Crippen molar-refractivity contribution in [2.75, 3.05) is 13.2 Å². The van der Waals surface area contributed by atoms with Crippen LogP contribution in [0, 0.1) is 11.8 Å². The number of rotatable bonds is 4. The molecule has 0 aromatic carbocycles. The van der Waals surface area contributed by atoms with E-state index >= 15 is 0 Å². The van der Waals surface area contributed by atoms with Gasteiger partial charge in [0.1, 0.15) is 11.9 Å². The number of carbonyl (C=O) groups excluding carboxylic acids is 1. The van der Waals surface area contributed by atoms with Crippen LogP contribution < -0.4 is 0 Å². The predicted molar refractivity (Wildman–Crippen MR) is 161 cm³/mol. The van der Waals surface area contributed by atoms with Gasteiger partial charge in [-0.3, -0.25) is 4.79 Å². The minimum Gasteiger partial charge on any atom is -0.394 e. The van der Waals surface area contributed by atoms with E-state index in [1.807, 2.05) is 0 Å². The quantitative estimate of drug-likeness (QED) is 0.333. The number of aliphatic hydroxyl groups excluding tert-OH is 3. The molecule has 2 aliphatic rings. The first-order chi connectivity index (χ1) is 18.7. The van der Waals surface area contributed by atoms with Crippen LogP contribution in [0.2, 0.25) is 0 Å². The number of aliphatic hydroxyl groups is 3. The standard InChI is InChI=1S/C31H58O.C3H8O3/c32-31(29-25-21-17-13-9-5-1-2-6-10-14-18-22-26-29)30-27-23-19-15-11-7-3-4-8-12-16-20-24-28-30;4-1-3(6)2-5/h29-30H,1-28H2;3-6H,1-2H2. The molecule has 0 atom stereocenters. The maximum absolute atomic E-state index is 13.7. The summed E-state index contributed by atoms with van der Waals surface area (Å²) in [6, 6.07) is 0. The minimum atomic E-state index is -0.954. The van der Waals surface area contributed by atoms with Gasteiger partial charge in [-0.05, 0) is 25.7 Å². The van der Waals surface area contributed by atoms with Crippen LogP contribution in [0.3, 0.4) is 0 Å². The average Bonchev–Trinajstić information content (AvgIpc) is 2.96. The van der Waals surface area contributed by atoms with Crippen LogP contribution in [0.25, 0.3) is 0 Å². The van der Waals surface area contributed by atoms with E-state index in [0.29, 0.717) is 17.6 Å². The van der Waals surface area contributed by atoms with Crippen LogP contribution in [-0.4, -0.2) is 40.4 Å². The molecule has 0 spiro atoms. The molecule has 38 heavy (non-hydrogen) atoms. The summed E-state index contributed by atoms with van der Waals surface area (Å²) in [5.41, 5.74) is 0. The largest absolute Gasteiger partial charge is 0.394 e. The lowest BCUT2D eigenvalue weighted by molar-refractivity contribution is -0.128. The van der Waals surface area contributed by atoms with Gasteiger partial charge in [0.05, 0.1) is 13.2 Å². The van der Waals surface area contributed by atoms with Crippen molar-refractivity contribution in [3.63, 3.8) is 0 Å². The number of hydrogen-bond acceptors (Lipinski definition) is 4. The van der Waals surface area contributed by atoms with Crippen molar-refractivity contribution in [2.24, 2.45) is 11.8 Å². The molecule has 0 radical (unpaired) electrons. The van der Waals surface area contributed by atoms with Crippen LogP contribution in [0.15, 0.2) is 0 Å². The smallest absolute Gasteiger partial charge is 0.139 e. The predicted octanol–water partition coefficient (Wildman–Crippen LogP) is 9.07. The Morgan fingerprint density at radius 3 is 0.763 bits per heavy atom. The summed E-state index contributed by atoms with van der Waals surface area (Å²) in [6.45, 7) is -0.729. The summed E-state index contributed by atoms with van der Waals surface area (Å²) in [5, 5.41) is 24.0. The normalized spacial score (nSPS) is 22.6. The van der Waals surface area contributed by atoms with Gasteiger partial charge in [-0.2, -0.15) is 0 Å². The van der Waals surface area contributed by atoms with Crippen molar-refractivity contribution in [2.45, 2.75) is 186 Å². The zero-order chi connectivity index (χ0) is 27.5. The highest BCUT2D eigenvalue weighted by Crippen LogP contribution is 2.29. The van der Waals surface area contributed by atoms with E-state index in [1.54, 1.807) is 0 Å². The second-order valence-corrected chi connectivity index (χ2v) is 12.5. The molecular weight excluding hydrogens is 472 g/mol. The van der Waals surface area contributed by atoms with E-state index < -0.39 is 6.10 Å². The maximum Gasteiger partial charge on any atom is 0.139 e. The molecule has 0 aromatic rings. The van der Waals surface area contributed by atoms with Crippen LogP contribution in [0.5, 0.6) is 0 Å². The molecule has 0 amide bonds. The lowest BCUT2D eigenvalue weighted by Gasteiger charge is -2.23. The van der Waals surface area contributed by atoms with Gasteiger partial charge in [0, 0.05) is 11.8 Å². The third-order valence-corrected chi connectivity index (χ3v) is 8.94. The Labute approximate surface area is 236 Å². The van der Waals surface area contributed by atoms with E-state index in [2.05, 4.69) is 0 Å². The first-order valence-electron chi connectivity index (χ1n) is 17.1. The topological polar surface area (TPSA) is 77.8 Å². The molecule has 0 aromatic heterocycles. The van der Waals surface area contributed by atoms with Gasteiger partial charge in [-0.15, -0.1) is 0 Å². The molecule has 2 fully saturated rings. The Hall–Kier alpha value is -0.450. The average molecular weight is 539 g/mol. The highest BCUT2D eigenvalue weighted by Gasteiger charge is 2.26. The highest BCUT2D eigenvalue weighted by atomic mass is 16.3. The van der Waals surface area contributed by atoms with Crippen molar-refractivity contribution < 1.29 is 20.1 Å². The Kier molecular flexibility index (Phi) is 25.0. The van der Waals surface area contributed by atoms with Crippen molar-refractivity contribution in [1.29, 1.82) is 0 Å². The van der Waals surface area contributed by atoms with Gasteiger partial charge >= 0.3 is 0 Å². The second kappa shape index (κ2) is 26.8. The zero-order valence-electron chi connectivity index (χ0n) is 25.2. The van der Waals surface area contributed by atoms with Crippen LogP contribution in [0.1, 0.15) is 180 Å². The summed E-state index contributed by atoms with van der Waals surface area (Å²) in [5.74, 6) is 1.46. The molecule has 2 saturated carbocycles. The van der Waals surface area contributed by atoms with Gasteiger partial charge < -0.3 is 15.3 Å². The zero-order valence-corrected chi connectivity index (χ0v) is 25.2. The summed E-state index contributed by atoms with van der Waals surface area (Å²) in [4.78, 5) is 13.7. The van der Waals surface area contributed by atoms with Crippen molar-refractivity contribution in [3.8, 4) is 0 Å². The van der Waals surface area contributed by atoms with E-state index in [1.165, 1.54) is 180 Å². The third kappa shape index (κ3) is 20.5. The Balaban J connectivity index is 0.00000107. The molecule has 2 aliphatic carbocycles. The fourth-order valence-electron chi connectivity index (χ4n) is 6.35. The van der Waals surface area contributed by atoms with Crippen LogP contribution in [0.4, 0.5) is 0 Å². The molecule has 0 heterocycles. The highest BCUT2D eigenvalue weighted by molar-refractivity contribution is 5.83. The van der Waals surface area contributed by atoms with E-state index in [4.69, 9.17) is 15.3 Å². The lowest BCUT2D eigenvalue weighted by atomic mass is 9.80. The van der Waals surface area contributed by atoms with Crippen LogP contribution in [-0.2, 0) is 4.79 Å². The van der Waals surface area contributed by atoms with Gasteiger partial charge in [0.2, 0.25) is 0 Å². The number of carbonyl (C=O) groups is 1. The summed E-state index contributed by atoms with van der Waals surface area (Å²) >= 11 is 0. The molecule has 4 nitrogen and oxygen atoms in total. The molecule has 4 heteroatoms. The monoisotopic (exact) mass is 538 g/mol. The van der Waals surface area contributed by atoms with Crippen LogP contribution >= 0.6 is 0 Å². The second-order valence-electron chi connectivity index (χ2n) is 12.5. The molecule has 3 N–H and O–H groups in total. The Morgan fingerprint density at radius 1 is 0.421 bits per heavy atom. The molecule has 0 unspecified atom stereocenters. The summed E-state index contributed by atoms with van der Waals surface area (Å²) in [7, 11) is 0. The van der Waals surface area contributed by atoms with Crippen molar-refractivity contribution >= 4 is 5.78 Å². The molecule has 0 aliphatic heterocycles. The number of ketones is 1. The maximum atomic E-state index is 13.7. The molecule has 0 bridgehead atoms. The van der Waals surface area contributed by atoms with Crippen molar-refractivity contribution in [3.05, 3.63) is 0 Å². The molecular formula is C34H66O4. The SMILES string of the molecule is O=C(C1CCCCCCCCCCCCCC1)C1CCCCCCCCCCCCCC1.OCC(O)CO. The van der Waals surface area contributed by atoms with E-state index in [-0.39, 0.29) is 13.2 Å². The third-order valence-electron chi connectivity index (χ3n) is 8.94. The minimum absolute atomic E-state index is 0.365. The number of Topliss-reactive ketones (excluding diaryl/α,β-unsaturated/α-hetero) is 1. The van der Waals surface area contributed by atoms with E-state index in [0.717, 1.165) is 0 Å². The lowest BCUT2D eigenvalue weighted by Crippen LogP contribution is -2.24. The fourth-order valence-corrected chi connectivity index (χ4v) is 6.35. The van der Waals surface area contributed by atoms with E-state index in [9.17, 15) is 4.79 Å². The number of hydrogen-bond donors (Lipinski definition) is 3. The Bertz CT molecular complexity index is 435.